The molecule has 1 aromatic heterocycles. The summed E-state index contributed by atoms with van der Waals surface area (Å²) in [7, 11) is 0. The van der Waals surface area contributed by atoms with Crippen LogP contribution in [0.4, 0.5) is 5.69 Å². The number of hydrogen-bond donors (Lipinski definition) is 1. The first-order valence-corrected chi connectivity index (χ1v) is 8.76. The van der Waals surface area contributed by atoms with E-state index in [4.69, 9.17) is 10.5 Å². The van der Waals surface area contributed by atoms with E-state index in [1.54, 1.807) is 39.0 Å². The Morgan fingerprint density at radius 3 is 2.68 bits per heavy atom. The lowest BCUT2D eigenvalue weighted by molar-refractivity contribution is -0.168. The lowest BCUT2D eigenvalue weighted by Gasteiger charge is -2.30. The number of nitrogen functional groups attached to an aromatic ring is 1. The summed E-state index contributed by atoms with van der Waals surface area (Å²) in [5, 5.41) is 7.96. The van der Waals surface area contributed by atoms with Gasteiger partial charge in [-0.1, -0.05) is 11.3 Å². The summed E-state index contributed by atoms with van der Waals surface area (Å²) < 4.78 is 6.03. The third-order valence-electron chi connectivity index (χ3n) is 4.46. The SMILES string of the molecule is CC(C)(C)C(=O)OCN1C(=O)CCC(n2nnc3cccc(N)c3c2=O)C1=O. The summed E-state index contributed by atoms with van der Waals surface area (Å²) >= 11 is 0. The van der Waals surface area contributed by atoms with Crippen LogP contribution in [0.5, 0.6) is 0 Å². The standard InChI is InChI=1S/C18H21N5O5/c1-18(2,3)17(27)28-9-22-13(24)8-7-12(15(22)25)23-16(26)14-10(19)5-4-6-11(14)20-21-23/h4-6,12H,7-9,19H2,1-3H3. The molecule has 28 heavy (non-hydrogen) atoms. The van der Waals surface area contributed by atoms with Crippen LogP contribution in [0.25, 0.3) is 10.9 Å². The number of benzene rings is 1. The van der Waals surface area contributed by atoms with E-state index < -0.39 is 41.5 Å². The summed E-state index contributed by atoms with van der Waals surface area (Å²) in [6, 6.07) is 3.76. The van der Waals surface area contributed by atoms with Crippen molar-refractivity contribution in [1.82, 2.24) is 19.9 Å². The van der Waals surface area contributed by atoms with E-state index in [0.29, 0.717) is 5.52 Å². The Morgan fingerprint density at radius 1 is 1.29 bits per heavy atom. The quantitative estimate of drug-likeness (QED) is 0.459. The lowest BCUT2D eigenvalue weighted by atomic mass is 9.97. The Labute approximate surface area is 160 Å². The zero-order chi connectivity index (χ0) is 20.6. The second-order valence-electron chi connectivity index (χ2n) is 7.61. The highest BCUT2D eigenvalue weighted by Gasteiger charge is 2.38. The number of nitrogens with two attached hydrogens (primary N) is 1. The fraction of sp³-hybridized carbons (Fsp3) is 0.444. The van der Waals surface area contributed by atoms with Crippen molar-refractivity contribution in [2.75, 3.05) is 12.5 Å². The van der Waals surface area contributed by atoms with Crippen LogP contribution >= 0.6 is 0 Å². The minimum Gasteiger partial charge on any atom is -0.443 e. The molecule has 0 saturated carbocycles. The predicted octanol–water partition coefficient (Wildman–Crippen LogP) is 0.611. The van der Waals surface area contributed by atoms with Crippen LogP contribution in [0.15, 0.2) is 23.0 Å². The Kier molecular flexibility index (Phi) is 4.88. The van der Waals surface area contributed by atoms with Gasteiger partial charge in [0.05, 0.1) is 10.8 Å². The smallest absolute Gasteiger partial charge is 0.312 e. The third-order valence-corrected chi connectivity index (χ3v) is 4.46. The monoisotopic (exact) mass is 387 g/mol. The molecule has 0 aliphatic carbocycles. The number of carbonyl (C=O) groups excluding carboxylic acids is 3. The first-order valence-electron chi connectivity index (χ1n) is 8.76. The maximum atomic E-state index is 12.8. The number of nitrogens with zero attached hydrogens (tertiary/aromatic N) is 4. The van der Waals surface area contributed by atoms with Crippen molar-refractivity contribution < 1.29 is 19.1 Å². The molecule has 0 bridgehead atoms. The molecule has 0 radical (unpaired) electrons. The van der Waals surface area contributed by atoms with Crippen molar-refractivity contribution in [2.24, 2.45) is 5.41 Å². The van der Waals surface area contributed by atoms with E-state index in [0.717, 1.165) is 9.58 Å². The van der Waals surface area contributed by atoms with Crippen LogP contribution in [0.3, 0.4) is 0 Å². The summed E-state index contributed by atoms with van der Waals surface area (Å²) in [6.07, 6.45) is 0.0914. The number of ether oxygens (including phenoxy) is 1. The van der Waals surface area contributed by atoms with Gasteiger partial charge in [-0.2, -0.15) is 4.68 Å². The van der Waals surface area contributed by atoms with E-state index in [-0.39, 0.29) is 23.9 Å². The molecule has 2 heterocycles. The Hall–Kier alpha value is -3.30. The fourth-order valence-electron chi connectivity index (χ4n) is 2.85. The number of imide groups is 1. The second kappa shape index (κ2) is 7.02. The molecule has 2 amide bonds. The molecule has 1 aliphatic heterocycles. The average Bonchev–Trinajstić information content (AvgIpc) is 2.61. The van der Waals surface area contributed by atoms with Gasteiger partial charge in [0.2, 0.25) is 5.91 Å². The Morgan fingerprint density at radius 2 is 2.00 bits per heavy atom. The third kappa shape index (κ3) is 3.45. The van der Waals surface area contributed by atoms with Gasteiger partial charge in [0.25, 0.3) is 11.5 Å². The van der Waals surface area contributed by atoms with Crippen LogP contribution in [0.1, 0.15) is 39.7 Å². The number of rotatable bonds is 3. The Bertz CT molecular complexity index is 1020. The average molecular weight is 387 g/mol. The van der Waals surface area contributed by atoms with Crippen molar-refractivity contribution in [2.45, 2.75) is 39.7 Å². The molecule has 0 spiro atoms. The minimum absolute atomic E-state index is 0.0000953. The van der Waals surface area contributed by atoms with Gasteiger partial charge in [-0.15, -0.1) is 5.10 Å². The number of hydrogen-bond acceptors (Lipinski definition) is 8. The molecule has 10 heteroatoms. The molecular weight excluding hydrogens is 366 g/mol. The van der Waals surface area contributed by atoms with Gasteiger partial charge in [-0.25, -0.2) is 4.90 Å². The molecule has 1 unspecified atom stereocenters. The molecule has 1 atom stereocenters. The van der Waals surface area contributed by atoms with Crippen LogP contribution in [-0.2, 0) is 19.1 Å². The van der Waals surface area contributed by atoms with Gasteiger partial charge < -0.3 is 10.5 Å². The van der Waals surface area contributed by atoms with Gasteiger partial charge in [0.1, 0.15) is 11.6 Å². The molecule has 148 valence electrons. The van der Waals surface area contributed by atoms with Crippen molar-refractivity contribution in [1.29, 1.82) is 0 Å². The number of anilines is 1. The normalized spacial score (nSPS) is 17.8. The van der Waals surface area contributed by atoms with Gasteiger partial charge in [-0.05, 0) is 39.3 Å². The van der Waals surface area contributed by atoms with Crippen LogP contribution < -0.4 is 11.3 Å². The second-order valence-corrected chi connectivity index (χ2v) is 7.61. The zero-order valence-corrected chi connectivity index (χ0v) is 15.8. The molecule has 2 aromatic rings. The topological polar surface area (TPSA) is 137 Å². The van der Waals surface area contributed by atoms with Gasteiger partial charge in [0, 0.05) is 12.1 Å². The number of aromatic nitrogens is 3. The van der Waals surface area contributed by atoms with E-state index in [9.17, 15) is 19.2 Å². The number of esters is 1. The number of piperidine rings is 1. The highest BCUT2D eigenvalue weighted by atomic mass is 16.5. The minimum atomic E-state index is -1.03. The predicted molar refractivity (Wildman–Crippen MR) is 98.7 cm³/mol. The summed E-state index contributed by atoms with van der Waals surface area (Å²) in [6.45, 7) is 4.47. The van der Waals surface area contributed by atoms with Gasteiger partial charge in [0.15, 0.2) is 6.73 Å². The number of likely N-dealkylation sites (tertiary alicyclic amines) is 1. The number of carbonyl (C=O) groups is 3. The maximum Gasteiger partial charge on any atom is 0.312 e. The molecule has 1 aromatic carbocycles. The maximum absolute atomic E-state index is 12.8. The molecule has 1 fully saturated rings. The molecular formula is C18H21N5O5. The van der Waals surface area contributed by atoms with E-state index >= 15 is 0 Å². The molecule has 1 saturated heterocycles. The highest BCUT2D eigenvalue weighted by molar-refractivity contribution is 5.99. The van der Waals surface area contributed by atoms with Crippen LogP contribution in [0, 0.1) is 5.41 Å². The molecule has 3 rings (SSSR count). The molecule has 1 aliphatic rings. The van der Waals surface area contributed by atoms with Gasteiger partial charge in [-0.3, -0.25) is 19.2 Å². The molecule has 2 N–H and O–H groups in total. The number of amides is 2. The lowest BCUT2D eigenvalue weighted by Crippen LogP contribution is -2.49. The van der Waals surface area contributed by atoms with Crippen molar-refractivity contribution in [3.8, 4) is 0 Å². The summed E-state index contributed by atoms with van der Waals surface area (Å²) in [4.78, 5) is 50.6. The number of fused-ring (bicyclic) bond motifs is 1. The van der Waals surface area contributed by atoms with E-state index in [1.165, 1.54) is 0 Å². The highest BCUT2D eigenvalue weighted by Crippen LogP contribution is 2.24. The summed E-state index contributed by atoms with van der Waals surface area (Å²) in [5.41, 5.74) is 5.07. The first kappa shape index (κ1) is 19.5. The largest absolute Gasteiger partial charge is 0.443 e. The van der Waals surface area contributed by atoms with Crippen molar-refractivity contribution in [3.05, 3.63) is 28.6 Å². The molecule has 10 nitrogen and oxygen atoms in total. The zero-order valence-electron chi connectivity index (χ0n) is 15.8. The van der Waals surface area contributed by atoms with Gasteiger partial charge >= 0.3 is 5.97 Å². The summed E-state index contributed by atoms with van der Waals surface area (Å²) in [5.74, 6) is -1.71. The fourth-order valence-corrected chi connectivity index (χ4v) is 2.85. The first-order chi connectivity index (χ1) is 13.1. The van der Waals surface area contributed by atoms with Crippen LogP contribution in [0.2, 0.25) is 0 Å². The van der Waals surface area contributed by atoms with E-state index in [2.05, 4.69) is 10.3 Å². The van der Waals surface area contributed by atoms with Crippen LogP contribution in [-0.4, -0.2) is 44.4 Å². The van der Waals surface area contributed by atoms with E-state index in [1.807, 2.05) is 0 Å². The van der Waals surface area contributed by atoms with Crippen molar-refractivity contribution in [3.63, 3.8) is 0 Å². The van der Waals surface area contributed by atoms with Crippen molar-refractivity contribution >= 4 is 34.4 Å². The Balaban J connectivity index is 1.90.